The summed E-state index contributed by atoms with van der Waals surface area (Å²) in [7, 11) is 0. The molecule has 0 spiro atoms. The SMILES string of the molecule is Cc1nnc(Cl)n1CC(C)(C)C(C)(C)C. The van der Waals surface area contributed by atoms with E-state index < -0.39 is 0 Å². The van der Waals surface area contributed by atoms with Gasteiger partial charge in [-0.3, -0.25) is 0 Å². The Hall–Kier alpha value is -0.570. The third-order valence-corrected chi connectivity index (χ3v) is 3.75. The lowest BCUT2D eigenvalue weighted by Crippen LogP contribution is -2.34. The molecule has 86 valence electrons. The van der Waals surface area contributed by atoms with Gasteiger partial charge in [-0.2, -0.15) is 0 Å². The zero-order valence-electron chi connectivity index (χ0n) is 10.4. The molecule has 0 aliphatic heterocycles. The van der Waals surface area contributed by atoms with Crippen LogP contribution in [0.5, 0.6) is 0 Å². The van der Waals surface area contributed by atoms with Crippen molar-refractivity contribution < 1.29 is 0 Å². The summed E-state index contributed by atoms with van der Waals surface area (Å²) in [5, 5.41) is 8.30. The average Bonchev–Trinajstić information content (AvgIpc) is 2.33. The van der Waals surface area contributed by atoms with Crippen molar-refractivity contribution in [1.82, 2.24) is 14.8 Å². The average molecular weight is 230 g/mol. The Labute approximate surface area is 96.8 Å². The van der Waals surface area contributed by atoms with Gasteiger partial charge in [0.1, 0.15) is 5.82 Å². The molecular weight excluding hydrogens is 210 g/mol. The second kappa shape index (κ2) is 3.78. The van der Waals surface area contributed by atoms with Crippen LogP contribution in [-0.2, 0) is 6.54 Å². The monoisotopic (exact) mass is 229 g/mol. The highest BCUT2D eigenvalue weighted by Crippen LogP contribution is 2.39. The molecule has 0 radical (unpaired) electrons. The Kier molecular flexibility index (Phi) is 3.15. The van der Waals surface area contributed by atoms with E-state index in [0.717, 1.165) is 12.4 Å². The molecule has 1 rings (SSSR count). The van der Waals surface area contributed by atoms with Crippen LogP contribution in [0.25, 0.3) is 0 Å². The fraction of sp³-hybridized carbons (Fsp3) is 0.818. The Bertz CT molecular complexity index is 328. The van der Waals surface area contributed by atoms with Crippen molar-refractivity contribution in [3.8, 4) is 0 Å². The maximum absolute atomic E-state index is 5.99. The predicted octanol–water partition coefficient (Wildman–Crippen LogP) is 3.31. The van der Waals surface area contributed by atoms with Crippen LogP contribution in [-0.4, -0.2) is 14.8 Å². The van der Waals surface area contributed by atoms with Crippen molar-refractivity contribution in [3.05, 3.63) is 11.1 Å². The summed E-state index contributed by atoms with van der Waals surface area (Å²) in [6.45, 7) is 14.0. The summed E-state index contributed by atoms with van der Waals surface area (Å²) < 4.78 is 1.97. The summed E-state index contributed by atoms with van der Waals surface area (Å²) in [6, 6.07) is 0. The molecule has 0 aliphatic rings. The van der Waals surface area contributed by atoms with Gasteiger partial charge in [-0.1, -0.05) is 34.6 Å². The van der Waals surface area contributed by atoms with Gasteiger partial charge in [-0.15, -0.1) is 10.2 Å². The molecule has 1 aromatic rings. The fourth-order valence-electron chi connectivity index (χ4n) is 1.17. The van der Waals surface area contributed by atoms with E-state index in [9.17, 15) is 0 Å². The number of hydrogen-bond acceptors (Lipinski definition) is 2. The molecule has 0 bridgehead atoms. The minimum atomic E-state index is 0.143. The van der Waals surface area contributed by atoms with Crippen molar-refractivity contribution in [1.29, 1.82) is 0 Å². The van der Waals surface area contributed by atoms with Crippen molar-refractivity contribution in [2.24, 2.45) is 10.8 Å². The van der Waals surface area contributed by atoms with E-state index >= 15 is 0 Å². The molecule has 4 heteroatoms. The van der Waals surface area contributed by atoms with Gasteiger partial charge in [0, 0.05) is 6.54 Å². The van der Waals surface area contributed by atoms with E-state index in [2.05, 4.69) is 44.8 Å². The molecule has 0 fully saturated rings. The maximum Gasteiger partial charge on any atom is 0.225 e. The van der Waals surface area contributed by atoms with Gasteiger partial charge in [0.25, 0.3) is 0 Å². The number of nitrogens with zero attached hydrogens (tertiary/aromatic N) is 3. The molecular formula is C11H20ClN3. The Morgan fingerprint density at radius 2 is 1.67 bits per heavy atom. The Balaban J connectivity index is 2.96. The Morgan fingerprint density at radius 1 is 1.13 bits per heavy atom. The lowest BCUT2D eigenvalue weighted by atomic mass is 9.69. The van der Waals surface area contributed by atoms with Gasteiger partial charge >= 0.3 is 0 Å². The molecule has 0 aromatic carbocycles. The smallest absolute Gasteiger partial charge is 0.225 e. The molecule has 0 amide bonds. The van der Waals surface area contributed by atoms with Gasteiger partial charge in [-0.05, 0) is 29.4 Å². The molecule has 0 aliphatic carbocycles. The van der Waals surface area contributed by atoms with Crippen molar-refractivity contribution in [2.75, 3.05) is 0 Å². The van der Waals surface area contributed by atoms with Crippen LogP contribution in [0.4, 0.5) is 0 Å². The minimum absolute atomic E-state index is 0.143. The number of rotatable bonds is 2. The highest BCUT2D eigenvalue weighted by Gasteiger charge is 2.34. The fourth-order valence-corrected chi connectivity index (χ4v) is 1.39. The molecule has 0 saturated heterocycles. The molecule has 0 saturated carbocycles. The second-order valence-electron chi connectivity index (χ2n) is 5.74. The quantitative estimate of drug-likeness (QED) is 0.779. The summed E-state index contributed by atoms with van der Waals surface area (Å²) in [5.74, 6) is 0.873. The third kappa shape index (κ3) is 2.51. The molecule has 1 heterocycles. The van der Waals surface area contributed by atoms with Gasteiger partial charge < -0.3 is 4.57 Å². The first-order chi connectivity index (χ1) is 6.65. The predicted molar refractivity (Wildman–Crippen MR) is 63.0 cm³/mol. The largest absolute Gasteiger partial charge is 0.301 e. The molecule has 1 aromatic heterocycles. The number of aromatic nitrogens is 3. The molecule has 15 heavy (non-hydrogen) atoms. The first-order valence-electron chi connectivity index (χ1n) is 5.20. The number of aryl methyl sites for hydroxylation is 1. The van der Waals surface area contributed by atoms with Crippen LogP contribution in [0.2, 0.25) is 5.28 Å². The normalized spacial score (nSPS) is 13.3. The van der Waals surface area contributed by atoms with Gasteiger partial charge in [-0.25, -0.2) is 0 Å². The zero-order valence-corrected chi connectivity index (χ0v) is 11.2. The lowest BCUT2D eigenvalue weighted by molar-refractivity contribution is 0.107. The molecule has 0 atom stereocenters. The highest BCUT2D eigenvalue weighted by atomic mass is 35.5. The summed E-state index contributed by atoms with van der Waals surface area (Å²) in [6.07, 6.45) is 0. The van der Waals surface area contributed by atoms with Crippen LogP contribution >= 0.6 is 11.6 Å². The van der Waals surface area contributed by atoms with Gasteiger partial charge in [0.15, 0.2) is 0 Å². The van der Waals surface area contributed by atoms with Crippen molar-refractivity contribution in [3.63, 3.8) is 0 Å². The molecule has 0 N–H and O–H groups in total. The van der Waals surface area contributed by atoms with Crippen LogP contribution in [0.15, 0.2) is 0 Å². The summed E-state index contributed by atoms with van der Waals surface area (Å²) in [4.78, 5) is 0. The number of hydrogen-bond donors (Lipinski definition) is 0. The van der Waals surface area contributed by atoms with E-state index in [-0.39, 0.29) is 10.8 Å². The first kappa shape index (κ1) is 12.5. The van der Waals surface area contributed by atoms with Crippen LogP contribution in [0, 0.1) is 17.8 Å². The van der Waals surface area contributed by atoms with Crippen LogP contribution in [0.3, 0.4) is 0 Å². The topological polar surface area (TPSA) is 30.7 Å². The molecule has 0 unspecified atom stereocenters. The summed E-state index contributed by atoms with van der Waals surface area (Å²) >= 11 is 5.99. The summed E-state index contributed by atoms with van der Waals surface area (Å²) in [5.41, 5.74) is 0.358. The Morgan fingerprint density at radius 3 is 2.00 bits per heavy atom. The third-order valence-electron chi connectivity index (χ3n) is 3.47. The van der Waals surface area contributed by atoms with Gasteiger partial charge in [0.05, 0.1) is 0 Å². The van der Waals surface area contributed by atoms with Crippen molar-refractivity contribution >= 4 is 11.6 Å². The van der Waals surface area contributed by atoms with Crippen LogP contribution in [0.1, 0.15) is 40.4 Å². The van der Waals surface area contributed by atoms with E-state index in [1.165, 1.54) is 0 Å². The lowest BCUT2D eigenvalue weighted by Gasteiger charge is -2.39. The van der Waals surface area contributed by atoms with Gasteiger partial charge in [0.2, 0.25) is 5.28 Å². The number of halogens is 1. The minimum Gasteiger partial charge on any atom is -0.301 e. The highest BCUT2D eigenvalue weighted by molar-refractivity contribution is 6.28. The zero-order chi connectivity index (χ0) is 11.9. The van der Waals surface area contributed by atoms with E-state index in [4.69, 9.17) is 11.6 Å². The van der Waals surface area contributed by atoms with E-state index in [0.29, 0.717) is 5.28 Å². The van der Waals surface area contributed by atoms with Crippen LogP contribution < -0.4 is 0 Å². The van der Waals surface area contributed by atoms with Crippen molar-refractivity contribution in [2.45, 2.75) is 48.1 Å². The van der Waals surface area contributed by atoms with E-state index in [1.54, 1.807) is 0 Å². The second-order valence-corrected chi connectivity index (χ2v) is 6.07. The maximum atomic E-state index is 5.99. The first-order valence-corrected chi connectivity index (χ1v) is 5.58. The molecule has 3 nitrogen and oxygen atoms in total. The van der Waals surface area contributed by atoms with E-state index in [1.807, 2.05) is 11.5 Å². The standard InChI is InChI=1S/C11H20ClN3/c1-8-13-14-9(12)15(8)7-11(5,6)10(2,3)4/h7H2,1-6H3.